The molecule has 0 bridgehead atoms. The van der Waals surface area contributed by atoms with Gasteiger partial charge in [0.2, 0.25) is 0 Å². The number of carbonyl (C=O) groups excluding carboxylic acids is 1. The molecule has 2 N–H and O–H groups in total. The Hall–Kier alpha value is -3.65. The summed E-state index contributed by atoms with van der Waals surface area (Å²) in [5, 5.41) is 1.07. The number of carbonyl (C=O) groups is 1. The molecule has 0 amide bonds. The molecular weight excluding hydrogens is 442 g/mol. The number of hydrogen-bond donors (Lipinski definition) is 1. The van der Waals surface area contributed by atoms with Crippen molar-refractivity contribution in [3.63, 3.8) is 0 Å². The first-order chi connectivity index (χ1) is 17.0. The number of hydrogen-bond acceptors (Lipinski definition) is 6. The fourth-order valence-electron chi connectivity index (χ4n) is 4.47. The van der Waals surface area contributed by atoms with Crippen LogP contribution in [-0.2, 0) is 24.8 Å². The van der Waals surface area contributed by atoms with Crippen LogP contribution in [0.4, 0.5) is 0 Å². The predicted molar refractivity (Wildman–Crippen MR) is 139 cm³/mol. The van der Waals surface area contributed by atoms with E-state index >= 15 is 0 Å². The molecule has 0 atom stereocenters. The normalized spacial score (nSPS) is 11.7. The summed E-state index contributed by atoms with van der Waals surface area (Å²) in [6.07, 6.45) is 8.01. The van der Waals surface area contributed by atoms with Crippen LogP contribution >= 0.6 is 0 Å². The minimum atomic E-state index is -0.427. The van der Waals surface area contributed by atoms with Gasteiger partial charge in [0.05, 0.1) is 31.0 Å². The molecule has 3 aromatic heterocycles. The van der Waals surface area contributed by atoms with Crippen LogP contribution in [0.25, 0.3) is 33.6 Å². The molecule has 8 heteroatoms. The van der Waals surface area contributed by atoms with Crippen molar-refractivity contribution in [2.24, 2.45) is 12.8 Å². The summed E-state index contributed by atoms with van der Waals surface area (Å²) >= 11 is 0. The lowest BCUT2D eigenvalue weighted by atomic mass is 10.1. The molecule has 184 valence electrons. The maximum Gasteiger partial charge on any atom is 0.338 e. The number of methoxy groups -OCH3 is 2. The van der Waals surface area contributed by atoms with E-state index in [4.69, 9.17) is 25.2 Å². The third kappa shape index (κ3) is 4.79. The van der Waals surface area contributed by atoms with Gasteiger partial charge in [0.15, 0.2) is 5.82 Å². The highest BCUT2D eigenvalue weighted by atomic mass is 16.5. The zero-order valence-electron chi connectivity index (χ0n) is 20.9. The summed E-state index contributed by atoms with van der Waals surface area (Å²) in [4.78, 5) is 22.1. The zero-order chi connectivity index (χ0) is 24.9. The number of benzene rings is 1. The van der Waals surface area contributed by atoms with Gasteiger partial charge >= 0.3 is 5.97 Å². The Kier molecular flexibility index (Phi) is 7.51. The van der Waals surface area contributed by atoms with Crippen molar-refractivity contribution in [3.05, 3.63) is 53.7 Å². The average molecular weight is 476 g/mol. The first-order valence-electron chi connectivity index (χ1n) is 12.0. The largest absolute Gasteiger partial charge is 0.494 e. The van der Waals surface area contributed by atoms with E-state index in [1.165, 1.54) is 7.11 Å². The quantitative estimate of drug-likeness (QED) is 0.204. The molecule has 1 aromatic carbocycles. The number of nitrogens with two attached hydrogens (primary N) is 1. The Morgan fingerprint density at radius 3 is 2.69 bits per heavy atom. The highest BCUT2D eigenvalue weighted by Gasteiger charge is 2.21. The van der Waals surface area contributed by atoms with Crippen LogP contribution in [0.15, 0.2) is 42.5 Å². The second-order valence-electron chi connectivity index (χ2n) is 8.53. The summed E-state index contributed by atoms with van der Waals surface area (Å²) in [6, 6.07) is 9.80. The maximum atomic E-state index is 12.2. The maximum absolute atomic E-state index is 12.2. The van der Waals surface area contributed by atoms with Gasteiger partial charge in [-0.15, -0.1) is 0 Å². The number of rotatable bonds is 10. The van der Waals surface area contributed by atoms with Crippen molar-refractivity contribution < 1.29 is 14.3 Å². The van der Waals surface area contributed by atoms with Crippen LogP contribution in [-0.4, -0.2) is 45.8 Å². The zero-order valence-corrected chi connectivity index (χ0v) is 20.9. The van der Waals surface area contributed by atoms with Crippen molar-refractivity contribution in [3.8, 4) is 17.3 Å². The van der Waals surface area contributed by atoms with Crippen LogP contribution < -0.4 is 10.5 Å². The topological polar surface area (TPSA) is 97.2 Å². The van der Waals surface area contributed by atoms with Crippen LogP contribution in [0.1, 0.15) is 42.2 Å². The minimum Gasteiger partial charge on any atom is -0.494 e. The Labute approximate surface area is 205 Å². The van der Waals surface area contributed by atoms with Gasteiger partial charge in [0.1, 0.15) is 16.9 Å². The van der Waals surface area contributed by atoms with E-state index in [0.29, 0.717) is 23.4 Å². The lowest BCUT2D eigenvalue weighted by molar-refractivity contribution is 0.0600. The first kappa shape index (κ1) is 24.5. The number of nitrogens with zero attached hydrogens (tertiary/aromatic N) is 4. The predicted octanol–water partition coefficient (Wildman–Crippen LogP) is 4.63. The molecule has 0 unspecified atom stereocenters. The summed E-state index contributed by atoms with van der Waals surface area (Å²) in [6.45, 7) is 3.50. The monoisotopic (exact) mass is 475 g/mol. The number of imidazole rings is 1. The standard InChI is InChI=1S/C27H33N5O3/c1-5-6-9-14-32-22(16-18-11-12-20(29-25(18)32)10-7-8-13-28)26-30-21-15-19(27(33)35-4)17-23(34-3)24(21)31(26)2/h5-6,11-12,15-17H,7-10,13-14,28H2,1-4H3/b6-5-. The van der Waals surface area contributed by atoms with E-state index in [0.717, 1.165) is 66.0 Å². The SMILES string of the molecule is C/C=C\CCn1c(-c2nc3cc(C(=O)OC)cc(OC)c3n2C)cc2ccc(CCCCN)nc21. The van der Waals surface area contributed by atoms with E-state index in [2.05, 4.69) is 34.9 Å². The Balaban J connectivity index is 1.88. The Bertz CT molecular complexity index is 1380. The number of fused-ring (bicyclic) bond motifs is 2. The summed E-state index contributed by atoms with van der Waals surface area (Å²) in [7, 11) is 4.92. The number of ether oxygens (including phenoxy) is 2. The summed E-state index contributed by atoms with van der Waals surface area (Å²) in [5.74, 6) is 0.925. The number of unbranched alkanes of at least 4 members (excludes halogenated alkanes) is 1. The second kappa shape index (κ2) is 10.7. The summed E-state index contributed by atoms with van der Waals surface area (Å²) < 4.78 is 14.8. The second-order valence-corrected chi connectivity index (χ2v) is 8.53. The van der Waals surface area contributed by atoms with Crippen molar-refractivity contribution in [1.29, 1.82) is 0 Å². The molecule has 0 saturated carbocycles. The molecule has 0 saturated heterocycles. The molecule has 4 rings (SSSR count). The number of esters is 1. The van der Waals surface area contributed by atoms with E-state index in [1.54, 1.807) is 19.2 Å². The molecule has 4 aromatic rings. The van der Waals surface area contributed by atoms with Gasteiger partial charge in [-0.2, -0.15) is 0 Å². The van der Waals surface area contributed by atoms with Gasteiger partial charge in [-0.3, -0.25) is 0 Å². The Morgan fingerprint density at radius 1 is 1.14 bits per heavy atom. The lowest BCUT2D eigenvalue weighted by Gasteiger charge is -2.11. The lowest BCUT2D eigenvalue weighted by Crippen LogP contribution is -2.05. The van der Waals surface area contributed by atoms with Crippen LogP contribution in [0, 0.1) is 0 Å². The fourth-order valence-corrected chi connectivity index (χ4v) is 4.47. The van der Waals surface area contributed by atoms with Gasteiger partial charge < -0.3 is 24.3 Å². The summed E-state index contributed by atoms with van der Waals surface area (Å²) in [5.41, 5.74) is 10.5. The van der Waals surface area contributed by atoms with E-state index in [-0.39, 0.29) is 0 Å². The highest BCUT2D eigenvalue weighted by molar-refractivity contribution is 5.97. The average Bonchev–Trinajstić information content (AvgIpc) is 3.40. The van der Waals surface area contributed by atoms with Gasteiger partial charge in [-0.05, 0) is 69.5 Å². The first-order valence-corrected chi connectivity index (χ1v) is 12.0. The molecule has 0 aliphatic carbocycles. The number of allylic oxidation sites excluding steroid dienone is 2. The number of pyridine rings is 1. The van der Waals surface area contributed by atoms with E-state index < -0.39 is 5.97 Å². The molecule has 0 fully saturated rings. The van der Waals surface area contributed by atoms with Gasteiger partial charge in [0.25, 0.3) is 0 Å². The molecule has 0 spiro atoms. The van der Waals surface area contributed by atoms with Crippen molar-refractivity contribution in [1.82, 2.24) is 19.1 Å². The molecule has 0 radical (unpaired) electrons. The van der Waals surface area contributed by atoms with Crippen LogP contribution in [0.3, 0.4) is 0 Å². The minimum absolute atomic E-state index is 0.402. The molecular formula is C27H33N5O3. The molecule has 0 aliphatic rings. The molecule has 35 heavy (non-hydrogen) atoms. The number of aromatic nitrogens is 4. The molecule has 0 aliphatic heterocycles. The van der Waals surface area contributed by atoms with Gasteiger partial charge in [-0.1, -0.05) is 12.2 Å². The molecule has 8 nitrogen and oxygen atoms in total. The third-order valence-corrected chi connectivity index (χ3v) is 6.25. The van der Waals surface area contributed by atoms with Gasteiger partial charge in [0, 0.05) is 24.7 Å². The number of aryl methyl sites for hydroxylation is 3. The third-order valence-electron chi connectivity index (χ3n) is 6.25. The van der Waals surface area contributed by atoms with Crippen LogP contribution in [0.5, 0.6) is 5.75 Å². The molecule has 3 heterocycles. The van der Waals surface area contributed by atoms with Crippen molar-refractivity contribution in [2.45, 2.75) is 39.2 Å². The van der Waals surface area contributed by atoms with Crippen LogP contribution in [0.2, 0.25) is 0 Å². The van der Waals surface area contributed by atoms with Gasteiger partial charge in [-0.25, -0.2) is 14.8 Å². The van der Waals surface area contributed by atoms with E-state index in [1.807, 2.05) is 18.5 Å². The fraction of sp³-hybridized carbons (Fsp3) is 0.370. The van der Waals surface area contributed by atoms with E-state index in [9.17, 15) is 4.79 Å². The highest BCUT2D eigenvalue weighted by Crippen LogP contribution is 2.34. The Morgan fingerprint density at radius 2 is 1.97 bits per heavy atom. The van der Waals surface area contributed by atoms with Crippen molar-refractivity contribution in [2.75, 3.05) is 20.8 Å². The smallest absolute Gasteiger partial charge is 0.338 e. The van der Waals surface area contributed by atoms with Crippen molar-refractivity contribution >= 4 is 28.0 Å².